The maximum Gasteiger partial charge on any atom is 0.154 e. The van der Waals surface area contributed by atoms with Gasteiger partial charge in [0.05, 0.1) is 0 Å². The summed E-state index contributed by atoms with van der Waals surface area (Å²) in [6, 6.07) is 0. The molecule has 2 fully saturated rings. The number of rotatable bonds is 2. The average Bonchev–Trinajstić information content (AvgIpc) is 2.98. The molecule has 1 atom stereocenters. The van der Waals surface area contributed by atoms with E-state index >= 15 is 0 Å². The number of hydrogen-bond acceptors (Lipinski definition) is 3. The van der Waals surface area contributed by atoms with Crippen molar-refractivity contribution in [2.24, 2.45) is 7.05 Å². The third kappa shape index (κ3) is 2.07. The van der Waals surface area contributed by atoms with Crippen LogP contribution in [-0.4, -0.2) is 27.9 Å². The maximum atomic E-state index is 4.90. The van der Waals surface area contributed by atoms with Crippen molar-refractivity contribution in [3.05, 3.63) is 11.6 Å². The van der Waals surface area contributed by atoms with Crippen LogP contribution in [-0.2, 0) is 12.5 Å². The fourth-order valence-electron chi connectivity index (χ4n) is 3.53. The van der Waals surface area contributed by atoms with Crippen LogP contribution in [0.5, 0.6) is 0 Å². The molecule has 1 aromatic heterocycles. The lowest BCUT2D eigenvalue weighted by molar-refractivity contribution is 0.314. The summed E-state index contributed by atoms with van der Waals surface area (Å²) in [5.74, 6) is 2.89. The molecule has 4 nitrogen and oxygen atoms in total. The van der Waals surface area contributed by atoms with Crippen LogP contribution in [0.3, 0.4) is 0 Å². The standard InChI is InChI=1S/C14H24N4/c1-14(8-5-9-15-10-14)13-16-12(17-18(13)2)11-6-3-4-7-11/h11,15H,3-10H2,1-2H3. The van der Waals surface area contributed by atoms with Gasteiger partial charge in [0.2, 0.25) is 0 Å². The predicted octanol–water partition coefficient (Wildman–Crippen LogP) is 2.11. The molecule has 0 amide bonds. The summed E-state index contributed by atoms with van der Waals surface area (Å²) in [6.45, 7) is 4.49. The van der Waals surface area contributed by atoms with E-state index in [1.54, 1.807) is 0 Å². The first-order valence-electron chi connectivity index (χ1n) is 7.31. The molecule has 1 unspecified atom stereocenters. The first kappa shape index (κ1) is 12.2. The quantitative estimate of drug-likeness (QED) is 0.871. The molecule has 18 heavy (non-hydrogen) atoms. The zero-order valence-corrected chi connectivity index (χ0v) is 11.6. The Kier molecular flexibility index (Phi) is 3.14. The van der Waals surface area contributed by atoms with Crippen molar-refractivity contribution in [2.45, 2.75) is 56.8 Å². The van der Waals surface area contributed by atoms with Gasteiger partial charge in [0.25, 0.3) is 0 Å². The van der Waals surface area contributed by atoms with Crippen LogP contribution in [0.15, 0.2) is 0 Å². The van der Waals surface area contributed by atoms with Gasteiger partial charge < -0.3 is 5.32 Å². The Morgan fingerprint density at radius 1 is 1.28 bits per heavy atom. The molecule has 0 bridgehead atoms. The molecule has 1 saturated heterocycles. The van der Waals surface area contributed by atoms with Gasteiger partial charge in [-0.1, -0.05) is 19.8 Å². The van der Waals surface area contributed by atoms with Crippen molar-refractivity contribution in [1.82, 2.24) is 20.1 Å². The minimum atomic E-state index is 0.164. The Morgan fingerprint density at radius 2 is 2.06 bits per heavy atom. The molecule has 100 valence electrons. The molecule has 1 aliphatic heterocycles. The SMILES string of the molecule is Cn1nc(C2CCCC2)nc1C1(C)CCCNC1. The highest BCUT2D eigenvalue weighted by atomic mass is 15.3. The smallest absolute Gasteiger partial charge is 0.154 e. The van der Waals surface area contributed by atoms with Gasteiger partial charge in [0.15, 0.2) is 5.82 Å². The topological polar surface area (TPSA) is 42.7 Å². The molecule has 3 rings (SSSR count). The summed E-state index contributed by atoms with van der Waals surface area (Å²) in [5.41, 5.74) is 0.164. The van der Waals surface area contributed by atoms with Gasteiger partial charge in [-0.2, -0.15) is 5.10 Å². The summed E-state index contributed by atoms with van der Waals surface area (Å²) >= 11 is 0. The van der Waals surface area contributed by atoms with Crippen LogP contribution in [0.4, 0.5) is 0 Å². The van der Waals surface area contributed by atoms with Crippen LogP contribution in [0.25, 0.3) is 0 Å². The third-order valence-corrected chi connectivity index (χ3v) is 4.64. The molecule has 1 N–H and O–H groups in total. The van der Waals surface area contributed by atoms with Crippen LogP contribution < -0.4 is 5.32 Å². The van der Waals surface area contributed by atoms with Crippen molar-refractivity contribution in [3.63, 3.8) is 0 Å². The summed E-state index contributed by atoms with van der Waals surface area (Å²) in [4.78, 5) is 4.90. The second-order valence-electron chi connectivity index (χ2n) is 6.24. The lowest BCUT2D eigenvalue weighted by Crippen LogP contribution is -2.42. The van der Waals surface area contributed by atoms with E-state index in [0.29, 0.717) is 5.92 Å². The minimum absolute atomic E-state index is 0.164. The molecule has 2 heterocycles. The molecule has 1 aromatic rings. The largest absolute Gasteiger partial charge is 0.316 e. The fourth-order valence-corrected chi connectivity index (χ4v) is 3.53. The highest BCUT2D eigenvalue weighted by Gasteiger charge is 2.34. The van der Waals surface area contributed by atoms with Crippen LogP contribution >= 0.6 is 0 Å². The summed E-state index contributed by atoms with van der Waals surface area (Å²) in [6.07, 6.45) is 7.70. The summed E-state index contributed by atoms with van der Waals surface area (Å²) in [5, 5.41) is 8.19. The number of hydrogen-bond donors (Lipinski definition) is 1. The molecule has 0 aromatic carbocycles. The first-order chi connectivity index (χ1) is 8.69. The number of aryl methyl sites for hydroxylation is 1. The number of nitrogens with zero attached hydrogens (tertiary/aromatic N) is 3. The van der Waals surface area contributed by atoms with Crippen molar-refractivity contribution in [1.29, 1.82) is 0 Å². The maximum absolute atomic E-state index is 4.90. The van der Waals surface area contributed by atoms with E-state index < -0.39 is 0 Å². The molecule has 2 aliphatic rings. The molecule has 0 radical (unpaired) electrons. The Labute approximate surface area is 109 Å². The van der Waals surface area contributed by atoms with Crippen molar-refractivity contribution >= 4 is 0 Å². The zero-order valence-electron chi connectivity index (χ0n) is 11.6. The lowest BCUT2D eigenvalue weighted by Gasteiger charge is -2.32. The Balaban J connectivity index is 1.87. The molecule has 4 heteroatoms. The third-order valence-electron chi connectivity index (χ3n) is 4.64. The van der Waals surface area contributed by atoms with Gasteiger partial charge in [-0.15, -0.1) is 0 Å². The van der Waals surface area contributed by atoms with E-state index in [1.165, 1.54) is 44.3 Å². The van der Waals surface area contributed by atoms with Gasteiger partial charge in [-0.3, -0.25) is 4.68 Å². The van der Waals surface area contributed by atoms with E-state index in [9.17, 15) is 0 Å². The Morgan fingerprint density at radius 3 is 2.72 bits per heavy atom. The number of piperidine rings is 1. The highest BCUT2D eigenvalue weighted by molar-refractivity contribution is 5.12. The summed E-state index contributed by atoms with van der Waals surface area (Å²) < 4.78 is 2.03. The lowest BCUT2D eigenvalue weighted by atomic mass is 9.82. The van der Waals surface area contributed by atoms with Gasteiger partial charge in [-0.05, 0) is 32.2 Å². The number of nitrogens with one attached hydrogen (secondary N) is 1. The Hall–Kier alpha value is -0.900. The molecular weight excluding hydrogens is 224 g/mol. The first-order valence-corrected chi connectivity index (χ1v) is 7.31. The molecule has 1 saturated carbocycles. The Bertz CT molecular complexity index is 411. The highest BCUT2D eigenvalue weighted by Crippen LogP contribution is 2.35. The van der Waals surface area contributed by atoms with Crippen LogP contribution in [0.2, 0.25) is 0 Å². The van der Waals surface area contributed by atoms with Crippen molar-refractivity contribution in [2.75, 3.05) is 13.1 Å². The van der Waals surface area contributed by atoms with E-state index in [2.05, 4.69) is 19.3 Å². The van der Waals surface area contributed by atoms with Crippen molar-refractivity contribution < 1.29 is 0 Å². The van der Waals surface area contributed by atoms with Crippen molar-refractivity contribution in [3.8, 4) is 0 Å². The monoisotopic (exact) mass is 248 g/mol. The molecular formula is C14H24N4. The van der Waals surface area contributed by atoms with E-state index in [0.717, 1.165) is 18.9 Å². The second kappa shape index (κ2) is 4.65. The normalized spacial score (nSPS) is 29.9. The fraction of sp³-hybridized carbons (Fsp3) is 0.857. The molecule has 1 aliphatic carbocycles. The zero-order chi connectivity index (χ0) is 12.6. The summed E-state index contributed by atoms with van der Waals surface area (Å²) in [7, 11) is 2.06. The predicted molar refractivity (Wildman–Crippen MR) is 71.7 cm³/mol. The average molecular weight is 248 g/mol. The van der Waals surface area contributed by atoms with Crippen LogP contribution in [0, 0.1) is 0 Å². The van der Waals surface area contributed by atoms with Gasteiger partial charge in [0.1, 0.15) is 5.82 Å². The van der Waals surface area contributed by atoms with E-state index in [-0.39, 0.29) is 5.41 Å². The molecule has 0 spiro atoms. The van der Waals surface area contributed by atoms with Gasteiger partial charge >= 0.3 is 0 Å². The van der Waals surface area contributed by atoms with Gasteiger partial charge in [0, 0.05) is 24.9 Å². The van der Waals surface area contributed by atoms with Gasteiger partial charge in [-0.25, -0.2) is 4.98 Å². The van der Waals surface area contributed by atoms with E-state index in [4.69, 9.17) is 10.1 Å². The second-order valence-corrected chi connectivity index (χ2v) is 6.24. The van der Waals surface area contributed by atoms with E-state index in [1.807, 2.05) is 4.68 Å². The van der Waals surface area contributed by atoms with Crippen LogP contribution in [0.1, 0.15) is 63.0 Å². The minimum Gasteiger partial charge on any atom is -0.316 e. The number of aromatic nitrogens is 3.